The van der Waals surface area contributed by atoms with Gasteiger partial charge in [0.1, 0.15) is 5.69 Å². The predicted octanol–water partition coefficient (Wildman–Crippen LogP) is 4.75. The van der Waals surface area contributed by atoms with Crippen LogP contribution in [0.5, 0.6) is 0 Å². The summed E-state index contributed by atoms with van der Waals surface area (Å²) in [5.41, 5.74) is 3.76. The summed E-state index contributed by atoms with van der Waals surface area (Å²) in [6.07, 6.45) is 9.57. The van der Waals surface area contributed by atoms with Crippen molar-refractivity contribution in [2.75, 3.05) is 31.6 Å². The van der Waals surface area contributed by atoms with Crippen LogP contribution in [0.2, 0.25) is 0 Å². The quantitative estimate of drug-likeness (QED) is 0.521. The zero-order valence-corrected chi connectivity index (χ0v) is 21.6. The van der Waals surface area contributed by atoms with Gasteiger partial charge in [-0.1, -0.05) is 26.0 Å². The maximum atomic E-state index is 15.0. The molecule has 1 N–H and O–H groups in total. The van der Waals surface area contributed by atoms with E-state index in [2.05, 4.69) is 45.2 Å². The molecule has 1 aliphatic heterocycles. The van der Waals surface area contributed by atoms with Gasteiger partial charge in [-0.25, -0.2) is 14.1 Å². The summed E-state index contributed by atoms with van der Waals surface area (Å²) in [4.78, 5) is 24.2. The summed E-state index contributed by atoms with van der Waals surface area (Å²) in [5, 5.41) is 7.10. The van der Waals surface area contributed by atoms with E-state index < -0.39 is 5.82 Å². The zero-order valence-electron chi connectivity index (χ0n) is 21.6. The lowest BCUT2D eigenvalue weighted by atomic mass is 9.91. The number of halogens is 1. The van der Waals surface area contributed by atoms with Gasteiger partial charge in [0.2, 0.25) is 0 Å². The summed E-state index contributed by atoms with van der Waals surface area (Å²) < 4.78 is 22.1. The van der Waals surface area contributed by atoms with Crippen molar-refractivity contribution in [1.82, 2.24) is 24.6 Å². The number of rotatable bonds is 6. The molecule has 9 heteroatoms. The second-order valence-corrected chi connectivity index (χ2v) is 9.97. The van der Waals surface area contributed by atoms with Crippen LogP contribution in [0.15, 0.2) is 42.9 Å². The molecule has 0 saturated carbocycles. The van der Waals surface area contributed by atoms with E-state index in [-0.39, 0.29) is 5.91 Å². The van der Waals surface area contributed by atoms with E-state index in [1.807, 2.05) is 25.3 Å². The molecule has 0 aromatic carbocycles. The number of carbonyl (C=O) groups excluding carboxylic acids is 1. The number of morpholine rings is 1. The SMILES string of the molecule is Cc1c(C(=O)Nc2cnc(C3=CCC(N4CCOCC4)CC3)c(F)c2)cnn1-c1ccc(C(C)C)cn1. The van der Waals surface area contributed by atoms with Gasteiger partial charge in [-0.3, -0.25) is 14.7 Å². The number of nitrogens with zero attached hydrogens (tertiary/aromatic N) is 5. The van der Waals surface area contributed by atoms with Gasteiger partial charge in [0.05, 0.1) is 42.6 Å². The van der Waals surface area contributed by atoms with Crippen LogP contribution in [0.1, 0.15) is 66.3 Å². The number of hydrogen-bond donors (Lipinski definition) is 1. The van der Waals surface area contributed by atoms with Gasteiger partial charge >= 0.3 is 0 Å². The summed E-state index contributed by atoms with van der Waals surface area (Å²) in [6.45, 7) is 9.48. The van der Waals surface area contributed by atoms with E-state index in [0.29, 0.717) is 40.4 Å². The molecule has 8 nitrogen and oxygen atoms in total. The highest BCUT2D eigenvalue weighted by molar-refractivity contribution is 6.04. The first-order valence-corrected chi connectivity index (χ1v) is 12.9. The molecule has 1 aliphatic carbocycles. The third-order valence-corrected chi connectivity index (χ3v) is 7.26. The Hall–Kier alpha value is -3.43. The Morgan fingerprint density at radius 1 is 1.16 bits per heavy atom. The second-order valence-electron chi connectivity index (χ2n) is 9.97. The smallest absolute Gasteiger partial charge is 0.259 e. The maximum absolute atomic E-state index is 15.0. The number of pyridine rings is 2. The standard InChI is InChI=1S/C28H33FN6O2/c1-18(2)21-6-9-26(30-15-21)35-19(3)24(17-32-35)28(36)33-22-14-25(29)27(31-16-22)20-4-7-23(8-5-20)34-10-12-37-13-11-34/h4,6,9,14-18,23H,5,7-8,10-13H2,1-3H3,(H,33,36). The number of aromatic nitrogens is 4. The average molecular weight is 505 g/mol. The minimum Gasteiger partial charge on any atom is -0.379 e. The fraction of sp³-hybridized carbons (Fsp3) is 0.429. The maximum Gasteiger partial charge on any atom is 0.259 e. The van der Waals surface area contributed by atoms with Crippen molar-refractivity contribution in [2.45, 2.75) is 52.0 Å². The molecule has 1 amide bonds. The normalized spacial score (nSPS) is 18.6. The molecule has 1 unspecified atom stereocenters. The Balaban J connectivity index is 1.25. The van der Waals surface area contributed by atoms with Crippen molar-refractivity contribution >= 4 is 17.2 Å². The van der Waals surface area contributed by atoms with Crippen molar-refractivity contribution < 1.29 is 13.9 Å². The third-order valence-electron chi connectivity index (χ3n) is 7.26. The van der Waals surface area contributed by atoms with Crippen LogP contribution < -0.4 is 5.32 Å². The molecule has 1 fully saturated rings. The molecular weight excluding hydrogens is 471 g/mol. The topological polar surface area (TPSA) is 85.2 Å². The van der Waals surface area contributed by atoms with Crippen LogP contribution in [0.25, 0.3) is 11.4 Å². The third kappa shape index (κ3) is 5.47. The lowest BCUT2D eigenvalue weighted by Crippen LogP contribution is -2.44. The Bertz CT molecular complexity index is 1290. The first kappa shape index (κ1) is 25.2. The highest BCUT2D eigenvalue weighted by atomic mass is 19.1. The minimum atomic E-state index is -0.435. The molecule has 0 radical (unpaired) electrons. The molecular formula is C28H33FN6O2. The summed E-state index contributed by atoms with van der Waals surface area (Å²) in [6, 6.07) is 5.70. The lowest BCUT2D eigenvalue weighted by molar-refractivity contribution is 0.0150. The summed E-state index contributed by atoms with van der Waals surface area (Å²) in [7, 11) is 0. The van der Waals surface area contributed by atoms with Gasteiger partial charge in [0.15, 0.2) is 11.6 Å². The van der Waals surface area contributed by atoms with Gasteiger partial charge in [-0.2, -0.15) is 5.10 Å². The molecule has 5 rings (SSSR count). The monoisotopic (exact) mass is 504 g/mol. The highest BCUT2D eigenvalue weighted by Gasteiger charge is 2.25. The van der Waals surface area contributed by atoms with Gasteiger partial charge in [-0.05, 0) is 49.3 Å². The lowest BCUT2D eigenvalue weighted by Gasteiger charge is -2.36. The van der Waals surface area contributed by atoms with E-state index in [9.17, 15) is 4.79 Å². The first-order chi connectivity index (χ1) is 17.9. The van der Waals surface area contributed by atoms with E-state index in [1.54, 1.807) is 4.68 Å². The first-order valence-electron chi connectivity index (χ1n) is 12.9. The fourth-order valence-corrected chi connectivity index (χ4v) is 4.98. The van der Waals surface area contributed by atoms with Crippen LogP contribution in [0, 0.1) is 12.7 Å². The van der Waals surface area contributed by atoms with Crippen LogP contribution >= 0.6 is 0 Å². The van der Waals surface area contributed by atoms with Gasteiger partial charge in [0, 0.05) is 31.4 Å². The molecule has 37 heavy (non-hydrogen) atoms. The Kier molecular flexibility index (Phi) is 7.43. The summed E-state index contributed by atoms with van der Waals surface area (Å²) in [5.74, 6) is 0.204. The van der Waals surface area contributed by atoms with Gasteiger partial charge in [-0.15, -0.1) is 0 Å². The molecule has 2 aliphatic rings. The van der Waals surface area contributed by atoms with Gasteiger partial charge in [0.25, 0.3) is 5.91 Å². The van der Waals surface area contributed by atoms with E-state index in [0.717, 1.165) is 56.7 Å². The molecule has 4 heterocycles. The van der Waals surface area contributed by atoms with Crippen LogP contribution in [-0.4, -0.2) is 62.9 Å². The zero-order chi connectivity index (χ0) is 25.9. The van der Waals surface area contributed by atoms with Crippen molar-refractivity contribution in [1.29, 1.82) is 0 Å². The Morgan fingerprint density at radius 3 is 2.62 bits per heavy atom. The van der Waals surface area contributed by atoms with E-state index in [4.69, 9.17) is 4.74 Å². The van der Waals surface area contributed by atoms with Crippen molar-refractivity contribution in [3.8, 4) is 5.82 Å². The molecule has 1 saturated heterocycles. The molecule has 1 atom stereocenters. The number of nitrogens with one attached hydrogen (secondary N) is 1. The number of anilines is 1. The average Bonchev–Trinajstić information content (AvgIpc) is 3.31. The van der Waals surface area contributed by atoms with Crippen LogP contribution in [-0.2, 0) is 4.74 Å². The number of amides is 1. The van der Waals surface area contributed by atoms with Crippen LogP contribution in [0.3, 0.4) is 0 Å². The molecule has 194 valence electrons. The number of ether oxygens (including phenoxy) is 1. The van der Waals surface area contributed by atoms with Crippen molar-refractivity contribution in [3.05, 3.63) is 71.2 Å². The molecule has 0 bridgehead atoms. The highest BCUT2D eigenvalue weighted by Crippen LogP contribution is 2.31. The summed E-state index contributed by atoms with van der Waals surface area (Å²) >= 11 is 0. The van der Waals surface area contributed by atoms with E-state index in [1.165, 1.54) is 18.5 Å². The van der Waals surface area contributed by atoms with Gasteiger partial charge < -0.3 is 10.1 Å². The largest absolute Gasteiger partial charge is 0.379 e. The Labute approximate surface area is 216 Å². The van der Waals surface area contributed by atoms with E-state index >= 15 is 4.39 Å². The number of carbonyl (C=O) groups is 1. The minimum absolute atomic E-state index is 0.306. The number of hydrogen-bond acceptors (Lipinski definition) is 6. The predicted molar refractivity (Wildman–Crippen MR) is 140 cm³/mol. The van der Waals surface area contributed by atoms with Crippen molar-refractivity contribution in [2.24, 2.45) is 0 Å². The molecule has 3 aromatic heterocycles. The second kappa shape index (κ2) is 10.9. The number of allylic oxidation sites excluding steroid dienone is 1. The molecule has 3 aromatic rings. The van der Waals surface area contributed by atoms with Crippen molar-refractivity contribution in [3.63, 3.8) is 0 Å². The van der Waals surface area contributed by atoms with Crippen LogP contribution in [0.4, 0.5) is 10.1 Å². The molecule has 0 spiro atoms. The fourth-order valence-electron chi connectivity index (χ4n) is 4.98. The Morgan fingerprint density at radius 2 is 1.97 bits per heavy atom.